The van der Waals surface area contributed by atoms with Gasteiger partial charge in [0, 0.05) is 12.0 Å². The Hall–Kier alpha value is -3.09. The Balaban J connectivity index is 1.70. The Morgan fingerprint density at radius 2 is 1.81 bits per heavy atom. The van der Waals surface area contributed by atoms with E-state index in [1.54, 1.807) is 48.5 Å². The Bertz CT molecular complexity index is 1170. The normalized spacial score (nSPS) is 18.3. The fourth-order valence-electron chi connectivity index (χ4n) is 3.78. The lowest BCUT2D eigenvalue weighted by Gasteiger charge is -2.38. The molecule has 0 bridgehead atoms. The highest BCUT2D eigenvalue weighted by Gasteiger charge is 2.38. The minimum Gasteiger partial charge on any atom is -0.489 e. The Morgan fingerprint density at radius 3 is 2.48 bits per heavy atom. The first-order chi connectivity index (χ1) is 14.9. The number of nitrogens with zero attached hydrogens (tertiary/aromatic N) is 1. The van der Waals surface area contributed by atoms with Gasteiger partial charge in [-0.15, -0.1) is 6.58 Å². The highest BCUT2D eigenvalue weighted by molar-refractivity contribution is 7.92. The van der Waals surface area contributed by atoms with Crippen LogP contribution < -0.4 is 9.04 Å². The number of hydrogen-bond acceptors (Lipinski definition) is 4. The average molecular weight is 436 g/mol. The molecule has 1 aliphatic heterocycles. The Morgan fingerprint density at radius 1 is 1.10 bits per heavy atom. The second-order valence-electron chi connectivity index (χ2n) is 7.66. The summed E-state index contributed by atoms with van der Waals surface area (Å²) in [6.45, 7) is 6.10. The molecule has 2 atom stereocenters. The molecule has 1 N–H and O–H groups in total. The van der Waals surface area contributed by atoms with Crippen LogP contribution in [-0.2, 0) is 16.6 Å². The van der Waals surface area contributed by atoms with E-state index < -0.39 is 22.2 Å². The highest BCUT2D eigenvalue weighted by atomic mass is 32.2. The van der Waals surface area contributed by atoms with Gasteiger partial charge in [-0.1, -0.05) is 54.1 Å². The maximum Gasteiger partial charge on any atom is 0.264 e. The lowest BCUT2D eigenvalue weighted by molar-refractivity contribution is 0.158. The van der Waals surface area contributed by atoms with E-state index in [1.807, 2.05) is 37.3 Å². The molecule has 0 aliphatic carbocycles. The largest absolute Gasteiger partial charge is 0.489 e. The molecule has 6 heteroatoms. The van der Waals surface area contributed by atoms with Crippen molar-refractivity contribution in [2.24, 2.45) is 0 Å². The zero-order valence-corrected chi connectivity index (χ0v) is 18.1. The van der Waals surface area contributed by atoms with Crippen LogP contribution in [0.15, 0.2) is 90.3 Å². The third-order valence-electron chi connectivity index (χ3n) is 5.46. The van der Waals surface area contributed by atoms with Gasteiger partial charge in [-0.3, -0.25) is 4.31 Å². The van der Waals surface area contributed by atoms with Crippen LogP contribution in [0.25, 0.3) is 0 Å². The number of hydrogen-bond donors (Lipinski definition) is 1. The minimum atomic E-state index is -3.83. The zero-order valence-electron chi connectivity index (χ0n) is 17.3. The van der Waals surface area contributed by atoms with E-state index in [9.17, 15) is 13.5 Å². The summed E-state index contributed by atoms with van der Waals surface area (Å²) in [6, 6.07) is 21.1. The maximum absolute atomic E-state index is 13.5. The number of aryl methyl sites for hydroxylation is 1. The number of benzene rings is 3. The van der Waals surface area contributed by atoms with Crippen LogP contribution in [0.3, 0.4) is 0 Å². The molecule has 2 unspecified atom stereocenters. The van der Waals surface area contributed by atoms with Gasteiger partial charge in [-0.25, -0.2) is 8.42 Å². The van der Waals surface area contributed by atoms with Crippen LogP contribution in [0.5, 0.6) is 5.75 Å². The topological polar surface area (TPSA) is 66.8 Å². The summed E-state index contributed by atoms with van der Waals surface area (Å²) in [7, 11) is -3.83. The number of sulfonamides is 1. The fourth-order valence-corrected chi connectivity index (χ4v) is 5.45. The van der Waals surface area contributed by atoms with Gasteiger partial charge in [0.2, 0.25) is 0 Å². The predicted octanol–water partition coefficient (Wildman–Crippen LogP) is 4.76. The molecule has 0 saturated heterocycles. The van der Waals surface area contributed by atoms with Crippen molar-refractivity contribution in [3.8, 4) is 5.75 Å². The number of aliphatic hydroxyl groups excluding tert-OH is 1. The standard InChI is InChI=1S/C25H25NO4S/c1-3-20-15-25(27)23-16-21(30-17-19-7-5-4-6-8-19)11-14-24(23)26(20)31(28,29)22-12-9-18(2)10-13-22/h3-14,16,20,25,27H,1,15,17H2,2H3. The lowest BCUT2D eigenvalue weighted by atomic mass is 9.95. The predicted molar refractivity (Wildman–Crippen MR) is 122 cm³/mol. The van der Waals surface area contributed by atoms with Crippen molar-refractivity contribution in [2.45, 2.75) is 37.0 Å². The first kappa shape index (κ1) is 21.2. The van der Waals surface area contributed by atoms with E-state index >= 15 is 0 Å². The van der Waals surface area contributed by atoms with E-state index in [-0.39, 0.29) is 11.3 Å². The molecule has 0 amide bonds. The zero-order chi connectivity index (χ0) is 22.0. The summed E-state index contributed by atoms with van der Waals surface area (Å²) in [4.78, 5) is 0.205. The molecule has 1 aliphatic rings. The summed E-state index contributed by atoms with van der Waals surface area (Å²) >= 11 is 0. The summed E-state index contributed by atoms with van der Waals surface area (Å²) in [5.74, 6) is 0.575. The molecule has 0 saturated carbocycles. The molecular formula is C25H25NO4S. The van der Waals surface area contributed by atoms with E-state index in [1.165, 1.54) is 4.31 Å². The summed E-state index contributed by atoms with van der Waals surface area (Å²) < 4.78 is 34.2. The first-order valence-electron chi connectivity index (χ1n) is 10.1. The molecule has 0 aromatic heterocycles. The van der Waals surface area contributed by atoms with Crippen molar-refractivity contribution in [1.29, 1.82) is 0 Å². The SMILES string of the molecule is C=CC1CC(O)c2cc(OCc3ccccc3)ccc2N1S(=O)(=O)c1ccc(C)cc1. The van der Waals surface area contributed by atoms with Gasteiger partial charge in [0.1, 0.15) is 12.4 Å². The molecule has 1 heterocycles. The molecule has 5 nitrogen and oxygen atoms in total. The van der Waals surface area contributed by atoms with Crippen molar-refractivity contribution >= 4 is 15.7 Å². The number of anilines is 1. The van der Waals surface area contributed by atoms with Crippen LogP contribution in [0.2, 0.25) is 0 Å². The van der Waals surface area contributed by atoms with Crippen molar-refractivity contribution in [1.82, 2.24) is 0 Å². The number of rotatable bonds is 6. The second kappa shape index (κ2) is 8.57. The van der Waals surface area contributed by atoms with E-state index in [2.05, 4.69) is 6.58 Å². The van der Waals surface area contributed by atoms with Gasteiger partial charge in [-0.05, 0) is 42.8 Å². The van der Waals surface area contributed by atoms with Gasteiger partial charge in [0.05, 0.1) is 22.7 Å². The van der Waals surface area contributed by atoms with Crippen molar-refractivity contribution in [3.63, 3.8) is 0 Å². The molecule has 31 heavy (non-hydrogen) atoms. The summed E-state index contributed by atoms with van der Waals surface area (Å²) in [5, 5.41) is 10.7. The molecule has 0 radical (unpaired) electrons. The maximum atomic E-state index is 13.5. The molecule has 0 fully saturated rings. The molecule has 160 valence electrons. The van der Waals surface area contributed by atoms with Gasteiger partial charge in [0.25, 0.3) is 10.0 Å². The van der Waals surface area contributed by atoms with E-state index in [0.29, 0.717) is 23.6 Å². The summed E-state index contributed by atoms with van der Waals surface area (Å²) in [5.41, 5.74) is 2.97. The highest BCUT2D eigenvalue weighted by Crippen LogP contribution is 2.42. The van der Waals surface area contributed by atoms with Gasteiger partial charge < -0.3 is 9.84 Å². The summed E-state index contributed by atoms with van der Waals surface area (Å²) in [6.07, 6.45) is 0.976. The molecule has 3 aromatic carbocycles. The van der Waals surface area contributed by atoms with Gasteiger partial charge >= 0.3 is 0 Å². The van der Waals surface area contributed by atoms with Gasteiger partial charge in [-0.2, -0.15) is 0 Å². The molecular weight excluding hydrogens is 410 g/mol. The first-order valence-corrected chi connectivity index (χ1v) is 11.6. The molecule has 4 rings (SSSR count). The number of ether oxygens (including phenoxy) is 1. The van der Waals surface area contributed by atoms with Crippen molar-refractivity contribution < 1.29 is 18.3 Å². The number of fused-ring (bicyclic) bond motifs is 1. The molecule has 3 aromatic rings. The second-order valence-corrected chi connectivity index (χ2v) is 9.48. The fraction of sp³-hybridized carbons (Fsp3) is 0.200. The third kappa shape index (κ3) is 4.22. The number of aliphatic hydroxyl groups is 1. The van der Waals surface area contributed by atoms with Gasteiger partial charge in [0.15, 0.2) is 0 Å². The monoisotopic (exact) mass is 435 g/mol. The van der Waals surface area contributed by atoms with Crippen molar-refractivity contribution in [3.05, 3.63) is 102 Å². The van der Waals surface area contributed by atoms with Crippen LogP contribution in [0.4, 0.5) is 5.69 Å². The van der Waals surface area contributed by atoms with Crippen LogP contribution in [-0.4, -0.2) is 19.6 Å². The Kier molecular flexibility index (Phi) is 5.85. The minimum absolute atomic E-state index is 0.205. The van der Waals surface area contributed by atoms with E-state index in [0.717, 1.165) is 11.1 Å². The average Bonchev–Trinajstić information content (AvgIpc) is 2.78. The Labute approximate surface area is 183 Å². The van der Waals surface area contributed by atoms with Crippen molar-refractivity contribution in [2.75, 3.05) is 4.31 Å². The third-order valence-corrected chi connectivity index (χ3v) is 7.31. The lowest BCUT2D eigenvalue weighted by Crippen LogP contribution is -2.43. The van der Waals surface area contributed by atoms with Crippen LogP contribution in [0, 0.1) is 6.92 Å². The molecule has 0 spiro atoms. The van der Waals surface area contributed by atoms with E-state index in [4.69, 9.17) is 4.74 Å². The van der Waals surface area contributed by atoms with Crippen LogP contribution >= 0.6 is 0 Å². The quantitative estimate of drug-likeness (QED) is 0.567. The smallest absolute Gasteiger partial charge is 0.264 e. The van der Waals surface area contributed by atoms with Crippen LogP contribution in [0.1, 0.15) is 29.2 Å².